The first-order valence-electron chi connectivity index (χ1n) is 6.79. The highest BCUT2D eigenvalue weighted by Gasteiger charge is 2.36. The number of methoxy groups -OCH3 is 2. The molecule has 0 atom stereocenters. The van der Waals surface area contributed by atoms with Crippen molar-refractivity contribution in [3.05, 3.63) is 61.1 Å². The smallest absolute Gasteiger partial charge is 0.352 e. The van der Waals surface area contributed by atoms with E-state index in [9.17, 15) is 27.2 Å². The second-order valence-corrected chi connectivity index (χ2v) is 5.39. The fourth-order valence-electron chi connectivity index (χ4n) is 2.25. The summed E-state index contributed by atoms with van der Waals surface area (Å²) in [7, 11) is 2.51. The van der Waals surface area contributed by atoms with Crippen molar-refractivity contribution in [2.45, 2.75) is 12.5 Å². The molecule has 1 aromatic heterocycles. The molecule has 26 heavy (non-hydrogen) atoms. The number of rotatable bonds is 4. The minimum atomic E-state index is -5.05. The van der Waals surface area contributed by atoms with Gasteiger partial charge in [0.2, 0.25) is 0 Å². The standard InChI is InChI=1S/C14H12ClF4N3O4/c1-25-12(26-2)6-3-9(8(16)4-7(6)15)21-11(23)5-10(14(17,18)19)22(20)13(21)24/h3-5,12H,20H2,1-2H3. The molecule has 142 valence electrons. The highest BCUT2D eigenvalue weighted by molar-refractivity contribution is 6.31. The molecule has 0 amide bonds. The van der Waals surface area contributed by atoms with Crippen molar-refractivity contribution in [2.24, 2.45) is 0 Å². The molecule has 2 N–H and O–H groups in total. The Morgan fingerprint density at radius 3 is 2.23 bits per heavy atom. The summed E-state index contributed by atoms with van der Waals surface area (Å²) in [6, 6.07) is 1.80. The van der Waals surface area contributed by atoms with Crippen molar-refractivity contribution in [1.82, 2.24) is 9.24 Å². The van der Waals surface area contributed by atoms with Gasteiger partial charge in [0.1, 0.15) is 5.82 Å². The van der Waals surface area contributed by atoms with Crippen LogP contribution in [0.4, 0.5) is 17.6 Å². The van der Waals surface area contributed by atoms with Gasteiger partial charge in [0.05, 0.1) is 10.7 Å². The van der Waals surface area contributed by atoms with Gasteiger partial charge < -0.3 is 15.3 Å². The molecule has 0 fully saturated rings. The number of hydrogen-bond donors (Lipinski definition) is 1. The number of ether oxygens (including phenoxy) is 2. The van der Waals surface area contributed by atoms with Crippen LogP contribution in [0.2, 0.25) is 5.02 Å². The first kappa shape index (κ1) is 19.9. The van der Waals surface area contributed by atoms with Gasteiger partial charge in [0, 0.05) is 25.8 Å². The van der Waals surface area contributed by atoms with Crippen LogP contribution < -0.4 is 17.1 Å². The Morgan fingerprint density at radius 2 is 1.73 bits per heavy atom. The van der Waals surface area contributed by atoms with Gasteiger partial charge in [0.15, 0.2) is 12.0 Å². The molecule has 2 aromatic rings. The first-order valence-corrected chi connectivity index (χ1v) is 7.17. The summed E-state index contributed by atoms with van der Waals surface area (Å²) in [6.45, 7) is 0. The number of nitrogens with zero attached hydrogens (tertiary/aromatic N) is 2. The summed E-state index contributed by atoms with van der Waals surface area (Å²) in [4.78, 5) is 24.2. The quantitative estimate of drug-likeness (QED) is 0.483. The molecule has 0 radical (unpaired) electrons. The molecule has 0 aliphatic carbocycles. The van der Waals surface area contributed by atoms with Gasteiger partial charge in [-0.05, 0) is 12.1 Å². The van der Waals surface area contributed by atoms with E-state index < -0.39 is 40.9 Å². The van der Waals surface area contributed by atoms with Crippen LogP contribution in [0.15, 0.2) is 27.8 Å². The van der Waals surface area contributed by atoms with E-state index in [2.05, 4.69) is 0 Å². The Kier molecular flexibility index (Phi) is 5.44. The largest absolute Gasteiger partial charge is 0.433 e. The number of nitrogens with two attached hydrogens (primary N) is 1. The molecule has 0 unspecified atom stereocenters. The summed E-state index contributed by atoms with van der Waals surface area (Å²) >= 11 is 5.89. The topological polar surface area (TPSA) is 88.5 Å². The number of alkyl halides is 3. The van der Waals surface area contributed by atoms with E-state index in [0.717, 1.165) is 12.1 Å². The third-order valence-corrected chi connectivity index (χ3v) is 3.74. The van der Waals surface area contributed by atoms with Crippen LogP contribution in [0.5, 0.6) is 0 Å². The average Bonchev–Trinajstić information content (AvgIpc) is 2.54. The highest BCUT2D eigenvalue weighted by atomic mass is 35.5. The average molecular weight is 398 g/mol. The van der Waals surface area contributed by atoms with Gasteiger partial charge in [-0.1, -0.05) is 11.6 Å². The Morgan fingerprint density at radius 1 is 1.15 bits per heavy atom. The maximum absolute atomic E-state index is 14.3. The number of hydrogen-bond acceptors (Lipinski definition) is 5. The third-order valence-electron chi connectivity index (χ3n) is 3.42. The molecular formula is C14H12ClF4N3O4. The van der Waals surface area contributed by atoms with Crippen molar-refractivity contribution in [2.75, 3.05) is 20.1 Å². The lowest BCUT2D eigenvalue weighted by Gasteiger charge is -2.18. The molecule has 0 saturated heterocycles. The van der Waals surface area contributed by atoms with Crippen molar-refractivity contribution < 1.29 is 27.0 Å². The van der Waals surface area contributed by atoms with Crippen LogP contribution in [-0.2, 0) is 15.7 Å². The Balaban J connectivity index is 2.82. The summed E-state index contributed by atoms with van der Waals surface area (Å²) in [6.07, 6.45) is -6.13. The maximum Gasteiger partial charge on any atom is 0.433 e. The van der Waals surface area contributed by atoms with E-state index in [1.54, 1.807) is 0 Å². The second-order valence-electron chi connectivity index (χ2n) is 4.98. The van der Waals surface area contributed by atoms with Gasteiger partial charge >= 0.3 is 11.9 Å². The first-order chi connectivity index (χ1) is 12.0. The monoisotopic (exact) mass is 397 g/mol. The van der Waals surface area contributed by atoms with Crippen LogP contribution in [0.3, 0.4) is 0 Å². The molecule has 0 aliphatic rings. The summed E-state index contributed by atoms with van der Waals surface area (Å²) in [5.41, 5.74) is -5.31. The van der Waals surface area contributed by atoms with Gasteiger partial charge in [-0.3, -0.25) is 4.79 Å². The lowest BCUT2D eigenvalue weighted by Crippen LogP contribution is -2.45. The van der Waals surface area contributed by atoms with E-state index in [4.69, 9.17) is 26.9 Å². The molecule has 1 heterocycles. The van der Waals surface area contributed by atoms with E-state index in [0.29, 0.717) is 0 Å². The number of halogens is 5. The van der Waals surface area contributed by atoms with Crippen LogP contribution in [0.25, 0.3) is 5.69 Å². The maximum atomic E-state index is 14.3. The molecule has 7 nitrogen and oxygen atoms in total. The van der Waals surface area contributed by atoms with Gasteiger partial charge in [-0.15, -0.1) is 0 Å². The van der Waals surface area contributed by atoms with Crippen molar-refractivity contribution in [1.29, 1.82) is 0 Å². The predicted molar refractivity (Wildman–Crippen MR) is 83.2 cm³/mol. The summed E-state index contributed by atoms with van der Waals surface area (Å²) in [5, 5.41) is -0.145. The van der Waals surface area contributed by atoms with Gasteiger partial charge in [-0.25, -0.2) is 18.4 Å². The highest BCUT2D eigenvalue weighted by Crippen LogP contribution is 2.30. The molecule has 2 rings (SSSR count). The zero-order valence-corrected chi connectivity index (χ0v) is 14.1. The van der Waals surface area contributed by atoms with Crippen LogP contribution in [-0.4, -0.2) is 23.5 Å². The van der Waals surface area contributed by atoms with Gasteiger partial charge in [0.25, 0.3) is 5.56 Å². The predicted octanol–water partition coefficient (Wildman–Crippen LogP) is 1.82. The third kappa shape index (κ3) is 3.45. The van der Waals surface area contributed by atoms with Crippen LogP contribution in [0.1, 0.15) is 17.5 Å². The Bertz CT molecular complexity index is 951. The normalized spacial score (nSPS) is 12.0. The summed E-state index contributed by atoms with van der Waals surface area (Å²) in [5.74, 6) is 4.00. The fraction of sp³-hybridized carbons (Fsp3) is 0.286. The lowest BCUT2D eigenvalue weighted by atomic mass is 10.1. The van der Waals surface area contributed by atoms with Crippen molar-refractivity contribution in [3.63, 3.8) is 0 Å². The van der Waals surface area contributed by atoms with E-state index in [-0.39, 0.29) is 25.9 Å². The van der Waals surface area contributed by atoms with Gasteiger partial charge in [-0.2, -0.15) is 13.2 Å². The molecule has 0 aliphatic heterocycles. The van der Waals surface area contributed by atoms with Crippen molar-refractivity contribution >= 4 is 11.6 Å². The molecule has 12 heteroatoms. The molecule has 0 spiro atoms. The Labute approximate surface area is 148 Å². The summed E-state index contributed by atoms with van der Waals surface area (Å²) < 4.78 is 62.5. The molecule has 0 bridgehead atoms. The number of benzene rings is 1. The van der Waals surface area contributed by atoms with Crippen molar-refractivity contribution in [3.8, 4) is 5.69 Å². The van der Waals surface area contributed by atoms with Crippen LogP contribution >= 0.6 is 11.6 Å². The van der Waals surface area contributed by atoms with Crippen LogP contribution in [0, 0.1) is 5.82 Å². The van der Waals surface area contributed by atoms with E-state index in [1.807, 2.05) is 0 Å². The number of nitrogen functional groups attached to an aromatic ring is 1. The minimum Gasteiger partial charge on any atom is -0.352 e. The molecule has 0 saturated carbocycles. The Hall–Kier alpha value is -2.37. The number of aromatic nitrogens is 2. The second kappa shape index (κ2) is 7.09. The van der Waals surface area contributed by atoms with E-state index in [1.165, 1.54) is 14.2 Å². The molecular weight excluding hydrogens is 386 g/mol. The lowest BCUT2D eigenvalue weighted by molar-refractivity contribution is -0.143. The van der Waals surface area contributed by atoms with E-state index >= 15 is 0 Å². The molecule has 1 aromatic carbocycles. The SMILES string of the molecule is COC(OC)c1cc(-n2c(=O)cc(C(F)(F)F)n(N)c2=O)c(F)cc1Cl. The fourth-order valence-corrected chi connectivity index (χ4v) is 2.49. The minimum absolute atomic E-state index is 0.0443. The zero-order chi connectivity index (χ0) is 19.8. The zero-order valence-electron chi connectivity index (χ0n) is 13.3.